The maximum absolute atomic E-state index is 13.1. The Morgan fingerprint density at radius 1 is 0.762 bits per heavy atom. The van der Waals surface area contributed by atoms with E-state index >= 15 is 0 Å². The Bertz CT molecular complexity index is 1770. The van der Waals surface area contributed by atoms with Crippen LogP contribution >= 0.6 is 11.6 Å². The molecule has 8 nitrogen and oxygen atoms in total. The van der Waals surface area contributed by atoms with Crippen molar-refractivity contribution in [1.29, 1.82) is 0 Å². The average Bonchev–Trinajstić information content (AvgIpc) is 3.01. The normalized spacial score (nSPS) is 11.5. The van der Waals surface area contributed by atoms with Gasteiger partial charge in [0, 0.05) is 21.8 Å². The quantitative estimate of drug-likeness (QED) is 0.195. The summed E-state index contributed by atoms with van der Waals surface area (Å²) in [5.41, 5.74) is 5.71. The van der Waals surface area contributed by atoms with E-state index in [1.54, 1.807) is 50.6 Å². The highest BCUT2D eigenvalue weighted by molar-refractivity contribution is 6.31. The number of aromatic nitrogens is 2. The highest BCUT2D eigenvalue weighted by Crippen LogP contribution is 2.33. The molecule has 1 N–H and O–H groups in total. The second-order valence-corrected chi connectivity index (χ2v) is 10.0. The Morgan fingerprint density at radius 2 is 1.33 bits per heavy atom. The summed E-state index contributed by atoms with van der Waals surface area (Å²) in [5.74, 6) is 0.314. The number of esters is 1. The first-order valence-corrected chi connectivity index (χ1v) is 13.5. The first kappa shape index (κ1) is 28.6. The van der Waals surface area contributed by atoms with Crippen molar-refractivity contribution in [2.45, 2.75) is 20.0 Å². The molecule has 9 heteroatoms. The van der Waals surface area contributed by atoms with Crippen LogP contribution in [-0.2, 0) is 9.53 Å². The topological polar surface area (TPSA) is 99.6 Å². The molecule has 0 saturated heterocycles. The molecule has 0 spiro atoms. The summed E-state index contributed by atoms with van der Waals surface area (Å²) in [6.45, 7) is 3.36. The van der Waals surface area contributed by atoms with Crippen LogP contribution in [0.5, 0.6) is 11.5 Å². The van der Waals surface area contributed by atoms with Gasteiger partial charge < -0.3 is 19.5 Å². The van der Waals surface area contributed by atoms with Crippen LogP contribution in [0.1, 0.15) is 22.8 Å². The minimum absolute atomic E-state index is 0.244. The van der Waals surface area contributed by atoms with Crippen LogP contribution in [0.15, 0.2) is 84.9 Å². The number of amides is 1. The summed E-state index contributed by atoms with van der Waals surface area (Å²) in [6, 6.07) is 25.2. The Morgan fingerprint density at radius 3 is 1.90 bits per heavy atom. The number of rotatable bonds is 8. The zero-order chi connectivity index (χ0) is 29.8. The van der Waals surface area contributed by atoms with E-state index in [1.165, 1.54) is 6.92 Å². The summed E-state index contributed by atoms with van der Waals surface area (Å²) in [5, 5.41) is 3.25. The Labute approximate surface area is 248 Å². The van der Waals surface area contributed by atoms with Crippen molar-refractivity contribution < 1.29 is 23.8 Å². The van der Waals surface area contributed by atoms with Crippen molar-refractivity contribution in [1.82, 2.24) is 9.97 Å². The molecule has 5 rings (SSSR count). The lowest BCUT2D eigenvalue weighted by Gasteiger charge is -2.15. The lowest BCUT2D eigenvalue weighted by Crippen LogP contribution is -2.30. The fourth-order valence-corrected chi connectivity index (χ4v) is 4.50. The molecule has 5 aromatic rings. The van der Waals surface area contributed by atoms with Crippen molar-refractivity contribution in [3.63, 3.8) is 0 Å². The van der Waals surface area contributed by atoms with E-state index in [2.05, 4.69) is 5.32 Å². The zero-order valence-corrected chi connectivity index (χ0v) is 24.2. The fourth-order valence-electron chi connectivity index (χ4n) is 4.33. The molecule has 1 aromatic heterocycles. The van der Waals surface area contributed by atoms with E-state index in [4.69, 9.17) is 35.8 Å². The molecule has 0 aliphatic rings. The second-order valence-electron chi connectivity index (χ2n) is 9.58. The summed E-state index contributed by atoms with van der Waals surface area (Å²) in [7, 11) is 3.22. The molecule has 0 aliphatic carbocycles. The van der Waals surface area contributed by atoms with Gasteiger partial charge in [-0.1, -0.05) is 17.7 Å². The van der Waals surface area contributed by atoms with Crippen LogP contribution in [-0.4, -0.2) is 42.2 Å². The van der Waals surface area contributed by atoms with Gasteiger partial charge in [0.2, 0.25) is 0 Å². The number of benzene rings is 4. The molecule has 1 atom stereocenters. The molecule has 1 heterocycles. The minimum Gasteiger partial charge on any atom is -0.497 e. The zero-order valence-electron chi connectivity index (χ0n) is 23.5. The van der Waals surface area contributed by atoms with Gasteiger partial charge in [0.25, 0.3) is 5.91 Å². The molecule has 0 aliphatic heterocycles. The number of fused-ring (bicyclic) bond motifs is 1. The van der Waals surface area contributed by atoms with Gasteiger partial charge in [-0.25, -0.2) is 14.8 Å². The predicted octanol–water partition coefficient (Wildman–Crippen LogP) is 7.13. The number of hydrogen-bond donors (Lipinski definition) is 1. The van der Waals surface area contributed by atoms with Gasteiger partial charge >= 0.3 is 5.97 Å². The summed E-state index contributed by atoms with van der Waals surface area (Å²) in [4.78, 5) is 35.6. The van der Waals surface area contributed by atoms with Crippen molar-refractivity contribution >= 4 is 40.2 Å². The third-order valence-corrected chi connectivity index (χ3v) is 6.97. The van der Waals surface area contributed by atoms with Gasteiger partial charge in [-0.2, -0.15) is 0 Å². The van der Waals surface area contributed by atoms with Crippen molar-refractivity contribution in [3.05, 3.63) is 101 Å². The number of hydrogen-bond acceptors (Lipinski definition) is 7. The van der Waals surface area contributed by atoms with Crippen LogP contribution < -0.4 is 14.8 Å². The number of ether oxygens (including phenoxy) is 3. The maximum Gasteiger partial charge on any atom is 0.338 e. The number of aryl methyl sites for hydroxylation is 1. The van der Waals surface area contributed by atoms with Crippen LogP contribution in [0.4, 0.5) is 5.69 Å². The lowest BCUT2D eigenvalue weighted by molar-refractivity contribution is -0.123. The first-order valence-electron chi connectivity index (χ1n) is 13.1. The van der Waals surface area contributed by atoms with Crippen LogP contribution in [0, 0.1) is 6.92 Å². The molecule has 212 valence electrons. The summed E-state index contributed by atoms with van der Waals surface area (Å²) >= 11 is 6.05. The highest BCUT2D eigenvalue weighted by atomic mass is 35.5. The molecule has 0 saturated carbocycles. The Kier molecular flexibility index (Phi) is 8.36. The second kappa shape index (κ2) is 12.3. The summed E-state index contributed by atoms with van der Waals surface area (Å²) in [6.07, 6.45) is -1.05. The SMILES string of the molecule is COc1ccc(-c2nc3ccc(C(=O)OC(C)C(=O)Nc4cc(Cl)ccc4C)cc3nc2-c2ccc(OC)cc2)cc1. The molecule has 42 heavy (non-hydrogen) atoms. The van der Waals surface area contributed by atoms with Gasteiger partial charge in [-0.15, -0.1) is 0 Å². The number of nitrogens with one attached hydrogen (secondary N) is 1. The molecule has 4 aromatic carbocycles. The smallest absolute Gasteiger partial charge is 0.338 e. The maximum atomic E-state index is 13.1. The van der Waals surface area contributed by atoms with Gasteiger partial charge in [0.15, 0.2) is 6.10 Å². The molecule has 1 unspecified atom stereocenters. The number of carbonyl (C=O) groups excluding carboxylic acids is 2. The first-order chi connectivity index (χ1) is 20.2. The van der Waals surface area contributed by atoms with Crippen molar-refractivity contribution in [3.8, 4) is 34.0 Å². The third-order valence-electron chi connectivity index (χ3n) is 6.74. The Hall–Kier alpha value is -4.95. The summed E-state index contributed by atoms with van der Waals surface area (Å²) < 4.78 is 16.1. The minimum atomic E-state index is -1.05. The number of carbonyl (C=O) groups is 2. The predicted molar refractivity (Wildman–Crippen MR) is 163 cm³/mol. The third kappa shape index (κ3) is 6.19. The van der Waals surface area contributed by atoms with Crippen LogP contribution in [0.2, 0.25) is 5.02 Å². The molecule has 0 bridgehead atoms. The molecule has 0 fully saturated rings. The molecular weight excluding hydrogens is 554 g/mol. The largest absolute Gasteiger partial charge is 0.497 e. The van der Waals surface area contributed by atoms with Gasteiger partial charge in [0.05, 0.1) is 42.2 Å². The molecule has 0 radical (unpaired) electrons. The van der Waals surface area contributed by atoms with Crippen molar-refractivity contribution in [2.75, 3.05) is 19.5 Å². The van der Waals surface area contributed by atoms with Gasteiger partial charge in [-0.3, -0.25) is 4.79 Å². The standard InChI is InChI=1S/C33H28ClN3O5/c1-19-5-11-24(34)18-28(19)37-32(38)20(2)42-33(39)23-10-16-27-29(17-23)36-31(22-8-14-26(41-4)15-9-22)30(35-27)21-6-12-25(40-3)13-7-21/h5-18,20H,1-4H3,(H,37,38). The number of nitrogens with zero attached hydrogens (tertiary/aromatic N) is 2. The van der Waals surface area contributed by atoms with Crippen molar-refractivity contribution in [2.24, 2.45) is 0 Å². The monoisotopic (exact) mass is 581 g/mol. The van der Waals surface area contributed by atoms with E-state index in [9.17, 15) is 9.59 Å². The van der Waals surface area contributed by atoms with E-state index in [0.717, 1.165) is 22.4 Å². The Balaban J connectivity index is 1.45. The number of methoxy groups -OCH3 is 2. The van der Waals surface area contributed by atoms with Gasteiger partial charge in [-0.05, 0) is 98.3 Å². The van der Waals surface area contributed by atoms with Crippen LogP contribution in [0.25, 0.3) is 33.5 Å². The van der Waals surface area contributed by atoms with E-state index in [0.29, 0.717) is 38.9 Å². The fraction of sp³-hybridized carbons (Fsp3) is 0.152. The lowest BCUT2D eigenvalue weighted by atomic mass is 10.0. The van der Waals surface area contributed by atoms with E-state index in [1.807, 2.05) is 55.5 Å². The highest BCUT2D eigenvalue weighted by Gasteiger charge is 2.21. The average molecular weight is 582 g/mol. The van der Waals surface area contributed by atoms with E-state index < -0.39 is 18.0 Å². The number of anilines is 1. The van der Waals surface area contributed by atoms with Crippen LogP contribution in [0.3, 0.4) is 0 Å². The van der Waals surface area contributed by atoms with E-state index in [-0.39, 0.29) is 5.56 Å². The number of halogens is 1. The molecule has 1 amide bonds. The van der Waals surface area contributed by atoms with Gasteiger partial charge in [0.1, 0.15) is 11.5 Å². The molecular formula is C33H28ClN3O5.